The third kappa shape index (κ3) is 4.45. The third-order valence-electron chi connectivity index (χ3n) is 3.78. The summed E-state index contributed by atoms with van der Waals surface area (Å²) in [5, 5.41) is 3.00. The fraction of sp³-hybridized carbons (Fsp3) is 0.917. The minimum atomic E-state index is 0. The Morgan fingerprint density at radius 2 is 2.18 bits per heavy atom. The summed E-state index contributed by atoms with van der Waals surface area (Å²) in [6, 6.07) is 0.237. The Morgan fingerprint density at radius 1 is 1.35 bits per heavy atom. The summed E-state index contributed by atoms with van der Waals surface area (Å²) in [4.78, 5) is 11.7. The molecule has 0 aromatic rings. The fourth-order valence-corrected chi connectivity index (χ4v) is 2.63. The van der Waals surface area contributed by atoms with Gasteiger partial charge >= 0.3 is 0 Å². The molecule has 2 rings (SSSR count). The summed E-state index contributed by atoms with van der Waals surface area (Å²) >= 11 is 0. The Kier molecular flexibility index (Phi) is 6.23. The quantitative estimate of drug-likeness (QED) is 0.797. The molecule has 1 amide bonds. The zero-order chi connectivity index (χ0) is 11.4. The number of carbonyl (C=O) groups is 1. The number of nitrogens with one attached hydrogen (secondary N) is 1. The van der Waals surface area contributed by atoms with Crippen LogP contribution in [-0.4, -0.2) is 31.7 Å². The first-order valence-electron chi connectivity index (χ1n) is 6.35. The van der Waals surface area contributed by atoms with E-state index in [2.05, 4.69) is 5.32 Å². The number of nitrogens with two attached hydrogens (primary N) is 1. The highest BCUT2D eigenvalue weighted by atomic mass is 35.5. The van der Waals surface area contributed by atoms with Gasteiger partial charge in [0.05, 0.1) is 6.61 Å². The number of carbonyl (C=O) groups excluding carboxylic acids is 1. The number of ether oxygens (including phenoxy) is 1. The molecular formula is C12H23ClN2O2. The minimum Gasteiger partial charge on any atom is -0.381 e. The van der Waals surface area contributed by atoms with Gasteiger partial charge in [0, 0.05) is 31.5 Å². The Balaban J connectivity index is 0.00000144. The van der Waals surface area contributed by atoms with E-state index in [0.29, 0.717) is 18.3 Å². The van der Waals surface area contributed by atoms with Gasteiger partial charge in [-0.15, -0.1) is 12.4 Å². The van der Waals surface area contributed by atoms with Crippen LogP contribution in [0.25, 0.3) is 0 Å². The SMILES string of the molecule is Cl.N[C@@H]1CCC[C@H]1CC(=O)NCC1CCOC1. The maximum atomic E-state index is 11.7. The molecule has 1 saturated carbocycles. The molecule has 4 nitrogen and oxygen atoms in total. The topological polar surface area (TPSA) is 64.4 Å². The molecular weight excluding hydrogens is 240 g/mol. The van der Waals surface area contributed by atoms with Crippen LogP contribution >= 0.6 is 12.4 Å². The lowest BCUT2D eigenvalue weighted by Gasteiger charge is -2.15. The molecule has 17 heavy (non-hydrogen) atoms. The van der Waals surface area contributed by atoms with Crippen molar-refractivity contribution in [3.05, 3.63) is 0 Å². The minimum absolute atomic E-state index is 0. The summed E-state index contributed by atoms with van der Waals surface area (Å²) in [6.45, 7) is 2.40. The molecule has 2 aliphatic rings. The molecule has 1 heterocycles. The van der Waals surface area contributed by atoms with Crippen molar-refractivity contribution in [2.24, 2.45) is 17.6 Å². The molecule has 0 bridgehead atoms. The van der Waals surface area contributed by atoms with Crippen molar-refractivity contribution in [1.29, 1.82) is 0 Å². The normalized spacial score (nSPS) is 32.2. The molecule has 3 N–H and O–H groups in total. The van der Waals surface area contributed by atoms with Crippen LogP contribution in [0.4, 0.5) is 0 Å². The molecule has 0 spiro atoms. The number of hydrogen-bond acceptors (Lipinski definition) is 3. The van der Waals surface area contributed by atoms with Crippen LogP contribution in [-0.2, 0) is 9.53 Å². The van der Waals surface area contributed by atoms with Gasteiger partial charge in [0.2, 0.25) is 5.91 Å². The van der Waals surface area contributed by atoms with E-state index in [1.54, 1.807) is 0 Å². The van der Waals surface area contributed by atoms with Crippen LogP contribution in [0.2, 0.25) is 0 Å². The van der Waals surface area contributed by atoms with Gasteiger partial charge in [-0.3, -0.25) is 4.79 Å². The second-order valence-corrected chi connectivity index (χ2v) is 5.09. The number of rotatable bonds is 4. The Hall–Kier alpha value is -0.320. The first kappa shape index (κ1) is 14.7. The molecule has 2 fully saturated rings. The Labute approximate surface area is 109 Å². The van der Waals surface area contributed by atoms with Gasteiger partial charge in [0.25, 0.3) is 0 Å². The van der Waals surface area contributed by atoms with E-state index >= 15 is 0 Å². The Morgan fingerprint density at radius 3 is 2.76 bits per heavy atom. The number of amides is 1. The van der Waals surface area contributed by atoms with E-state index < -0.39 is 0 Å². The molecule has 5 heteroatoms. The fourth-order valence-electron chi connectivity index (χ4n) is 2.63. The molecule has 1 saturated heterocycles. The van der Waals surface area contributed by atoms with Gasteiger partial charge in [0.1, 0.15) is 0 Å². The van der Waals surface area contributed by atoms with E-state index in [1.807, 2.05) is 0 Å². The van der Waals surface area contributed by atoms with Crippen molar-refractivity contribution in [2.45, 2.75) is 38.1 Å². The van der Waals surface area contributed by atoms with E-state index in [4.69, 9.17) is 10.5 Å². The average Bonchev–Trinajstić information content (AvgIpc) is 2.88. The summed E-state index contributed by atoms with van der Waals surface area (Å²) in [6.07, 6.45) is 5.04. The summed E-state index contributed by atoms with van der Waals surface area (Å²) in [7, 11) is 0. The van der Waals surface area contributed by atoms with Crippen molar-refractivity contribution in [3.63, 3.8) is 0 Å². The van der Waals surface area contributed by atoms with E-state index in [9.17, 15) is 4.79 Å². The molecule has 0 aromatic heterocycles. The van der Waals surface area contributed by atoms with Gasteiger partial charge < -0.3 is 15.8 Å². The molecule has 1 unspecified atom stereocenters. The molecule has 100 valence electrons. The monoisotopic (exact) mass is 262 g/mol. The zero-order valence-corrected chi connectivity index (χ0v) is 11.0. The van der Waals surface area contributed by atoms with Crippen molar-refractivity contribution in [3.8, 4) is 0 Å². The molecule has 1 aliphatic carbocycles. The van der Waals surface area contributed by atoms with E-state index in [-0.39, 0.29) is 24.4 Å². The van der Waals surface area contributed by atoms with Crippen LogP contribution in [0.5, 0.6) is 0 Å². The van der Waals surface area contributed by atoms with Crippen molar-refractivity contribution in [2.75, 3.05) is 19.8 Å². The zero-order valence-electron chi connectivity index (χ0n) is 10.2. The summed E-state index contributed by atoms with van der Waals surface area (Å²) in [5.74, 6) is 1.08. The second kappa shape index (κ2) is 7.19. The lowest BCUT2D eigenvalue weighted by molar-refractivity contribution is -0.122. The largest absolute Gasteiger partial charge is 0.381 e. The average molecular weight is 263 g/mol. The number of hydrogen-bond donors (Lipinski definition) is 2. The second-order valence-electron chi connectivity index (χ2n) is 5.09. The summed E-state index contributed by atoms with van der Waals surface area (Å²) in [5.41, 5.74) is 5.95. The van der Waals surface area contributed by atoms with Gasteiger partial charge in [0.15, 0.2) is 0 Å². The van der Waals surface area contributed by atoms with Gasteiger partial charge in [-0.2, -0.15) is 0 Å². The van der Waals surface area contributed by atoms with E-state index in [0.717, 1.165) is 39.0 Å². The highest BCUT2D eigenvalue weighted by Gasteiger charge is 2.26. The van der Waals surface area contributed by atoms with Gasteiger partial charge in [-0.05, 0) is 25.2 Å². The van der Waals surface area contributed by atoms with Crippen LogP contribution in [0.1, 0.15) is 32.1 Å². The maximum Gasteiger partial charge on any atom is 0.220 e. The lowest BCUT2D eigenvalue weighted by atomic mass is 9.99. The predicted octanol–water partition coefficient (Wildman–Crippen LogP) is 1.08. The van der Waals surface area contributed by atoms with Gasteiger partial charge in [-0.1, -0.05) is 6.42 Å². The van der Waals surface area contributed by atoms with Crippen LogP contribution < -0.4 is 11.1 Å². The van der Waals surface area contributed by atoms with Gasteiger partial charge in [-0.25, -0.2) is 0 Å². The number of halogens is 1. The molecule has 1 aliphatic heterocycles. The van der Waals surface area contributed by atoms with Crippen molar-refractivity contribution < 1.29 is 9.53 Å². The van der Waals surface area contributed by atoms with Crippen LogP contribution in [0.3, 0.4) is 0 Å². The lowest BCUT2D eigenvalue weighted by Crippen LogP contribution is -2.34. The molecule has 0 aromatic carbocycles. The summed E-state index contributed by atoms with van der Waals surface area (Å²) < 4.78 is 5.27. The standard InChI is InChI=1S/C12H22N2O2.ClH/c13-11-3-1-2-10(11)6-12(15)14-7-9-4-5-16-8-9;/h9-11H,1-8,13H2,(H,14,15);1H/t9?,10-,11+;/m0./s1. The van der Waals surface area contributed by atoms with Crippen LogP contribution in [0.15, 0.2) is 0 Å². The first-order chi connectivity index (χ1) is 7.75. The third-order valence-corrected chi connectivity index (χ3v) is 3.78. The van der Waals surface area contributed by atoms with Crippen molar-refractivity contribution in [1.82, 2.24) is 5.32 Å². The predicted molar refractivity (Wildman–Crippen MR) is 69.1 cm³/mol. The molecule has 3 atom stereocenters. The van der Waals surface area contributed by atoms with Crippen molar-refractivity contribution >= 4 is 18.3 Å². The first-order valence-corrected chi connectivity index (χ1v) is 6.35. The highest BCUT2D eigenvalue weighted by molar-refractivity contribution is 5.85. The van der Waals surface area contributed by atoms with E-state index in [1.165, 1.54) is 6.42 Å². The smallest absolute Gasteiger partial charge is 0.220 e. The maximum absolute atomic E-state index is 11.7. The Bertz CT molecular complexity index is 245. The van der Waals surface area contributed by atoms with Crippen LogP contribution in [0, 0.1) is 11.8 Å². The molecule has 0 radical (unpaired) electrons. The highest BCUT2D eigenvalue weighted by Crippen LogP contribution is 2.26.